The van der Waals surface area contributed by atoms with E-state index in [-0.39, 0.29) is 31.1 Å². The molecular weight excluding hydrogens is 492 g/mol. The van der Waals surface area contributed by atoms with E-state index in [1.807, 2.05) is 0 Å². The highest BCUT2D eigenvalue weighted by Gasteiger charge is 2.19. The summed E-state index contributed by atoms with van der Waals surface area (Å²) in [5.41, 5.74) is 0. The molecule has 0 amide bonds. The van der Waals surface area contributed by atoms with Crippen LogP contribution in [0.4, 0.5) is 0 Å². The lowest BCUT2D eigenvalue weighted by atomic mass is 10.0. The first-order valence-electron chi connectivity index (χ1n) is 16.4. The molecule has 1 atom stereocenters. The first-order valence-corrected chi connectivity index (χ1v) is 16.4. The van der Waals surface area contributed by atoms with Crippen LogP contribution in [0.15, 0.2) is 0 Å². The Bertz CT molecular complexity index is 589. The molecule has 0 aliphatic rings. The molecule has 6 heteroatoms. The second kappa shape index (κ2) is 28.0. The van der Waals surface area contributed by atoms with Gasteiger partial charge in [-0.15, -0.1) is 0 Å². The molecule has 0 bridgehead atoms. The Morgan fingerprint density at radius 1 is 0.487 bits per heavy atom. The van der Waals surface area contributed by atoms with Gasteiger partial charge in [0.25, 0.3) is 0 Å². The Labute approximate surface area is 240 Å². The largest absolute Gasteiger partial charge is 0.462 e. The number of ether oxygens (including phenoxy) is 3. The third-order valence-electron chi connectivity index (χ3n) is 7.04. The van der Waals surface area contributed by atoms with Gasteiger partial charge in [0.1, 0.15) is 13.2 Å². The molecule has 0 aliphatic heterocycles. The van der Waals surface area contributed by atoms with Gasteiger partial charge in [-0.25, -0.2) is 0 Å². The zero-order valence-corrected chi connectivity index (χ0v) is 26.1. The van der Waals surface area contributed by atoms with E-state index >= 15 is 0 Å². The van der Waals surface area contributed by atoms with E-state index in [1.54, 1.807) is 0 Å². The molecule has 0 aromatic carbocycles. The van der Waals surface area contributed by atoms with Crippen molar-refractivity contribution in [2.24, 2.45) is 5.92 Å². The predicted octanol–water partition coefficient (Wildman–Crippen LogP) is 9.26. The lowest BCUT2D eigenvalue weighted by Gasteiger charge is -2.18. The number of hydrogen-bond acceptors (Lipinski definition) is 6. The number of hydrogen-bond donors (Lipinski definition) is 0. The highest BCUT2D eigenvalue weighted by Crippen LogP contribution is 2.14. The van der Waals surface area contributed by atoms with Gasteiger partial charge in [-0.3, -0.25) is 14.4 Å². The molecule has 0 fully saturated rings. The minimum Gasteiger partial charge on any atom is -0.462 e. The van der Waals surface area contributed by atoms with Crippen LogP contribution in [0.3, 0.4) is 0 Å². The van der Waals surface area contributed by atoms with Crippen molar-refractivity contribution in [1.82, 2.24) is 0 Å². The number of rotatable bonds is 28. The van der Waals surface area contributed by atoms with E-state index in [0.29, 0.717) is 19.3 Å². The van der Waals surface area contributed by atoms with Gasteiger partial charge in [-0.2, -0.15) is 0 Å². The molecule has 0 radical (unpaired) electrons. The Balaban J connectivity index is 4.25. The van der Waals surface area contributed by atoms with Crippen molar-refractivity contribution < 1.29 is 28.6 Å². The lowest BCUT2D eigenvalue weighted by molar-refractivity contribution is -0.167. The summed E-state index contributed by atoms with van der Waals surface area (Å²) in [7, 11) is 0. The van der Waals surface area contributed by atoms with E-state index in [0.717, 1.165) is 76.5 Å². The van der Waals surface area contributed by atoms with Crippen molar-refractivity contribution in [3.05, 3.63) is 0 Å². The van der Waals surface area contributed by atoms with Crippen molar-refractivity contribution in [1.29, 1.82) is 0 Å². The molecule has 0 rings (SSSR count). The molecule has 0 saturated heterocycles. The summed E-state index contributed by atoms with van der Waals surface area (Å²) >= 11 is 0. The van der Waals surface area contributed by atoms with E-state index in [4.69, 9.17) is 14.2 Å². The fourth-order valence-electron chi connectivity index (χ4n) is 4.51. The molecule has 39 heavy (non-hydrogen) atoms. The van der Waals surface area contributed by atoms with E-state index in [9.17, 15) is 14.4 Å². The number of carbonyl (C=O) groups excluding carboxylic acids is 3. The van der Waals surface area contributed by atoms with Crippen LogP contribution < -0.4 is 0 Å². The maximum atomic E-state index is 12.3. The Morgan fingerprint density at radius 3 is 1.26 bits per heavy atom. The fraction of sp³-hybridized carbons (Fsp3) is 0.909. The second-order valence-corrected chi connectivity index (χ2v) is 11.6. The van der Waals surface area contributed by atoms with Crippen molar-refractivity contribution in [3.63, 3.8) is 0 Å². The zero-order chi connectivity index (χ0) is 29.0. The van der Waals surface area contributed by atoms with Crippen molar-refractivity contribution in [2.45, 2.75) is 175 Å². The first-order chi connectivity index (χ1) is 18.9. The van der Waals surface area contributed by atoms with Gasteiger partial charge >= 0.3 is 17.9 Å². The Hall–Kier alpha value is -1.59. The molecule has 0 N–H and O–H groups in total. The molecule has 0 aromatic heterocycles. The molecule has 0 unspecified atom stereocenters. The minimum absolute atomic E-state index is 0.0689. The standard InChI is InChI=1S/C33H62O6/c1-5-7-9-15-20-24-31(34)37-27-30(39-33(36)26-22-16-10-8-6-2)28-38-32(35)25-21-18-14-12-11-13-17-19-23-29(3)4/h29-30H,5-28H2,1-4H3/t30-/m0/s1. The quantitative estimate of drug-likeness (QED) is 0.0545. The highest BCUT2D eigenvalue weighted by molar-refractivity contribution is 5.71. The van der Waals surface area contributed by atoms with Crippen molar-refractivity contribution in [3.8, 4) is 0 Å². The molecular formula is C33H62O6. The van der Waals surface area contributed by atoms with Crippen LogP contribution in [0, 0.1) is 5.92 Å². The lowest BCUT2D eigenvalue weighted by Crippen LogP contribution is -2.30. The summed E-state index contributed by atoms with van der Waals surface area (Å²) in [6, 6.07) is 0. The van der Waals surface area contributed by atoms with Crippen molar-refractivity contribution >= 4 is 17.9 Å². The Kier molecular flexibility index (Phi) is 26.8. The summed E-state index contributed by atoms with van der Waals surface area (Å²) in [5.74, 6) is -0.107. The predicted molar refractivity (Wildman–Crippen MR) is 160 cm³/mol. The molecule has 0 aliphatic carbocycles. The monoisotopic (exact) mass is 554 g/mol. The van der Waals surface area contributed by atoms with Gasteiger partial charge in [0.2, 0.25) is 0 Å². The smallest absolute Gasteiger partial charge is 0.306 e. The number of carbonyl (C=O) groups is 3. The second-order valence-electron chi connectivity index (χ2n) is 11.6. The fourth-order valence-corrected chi connectivity index (χ4v) is 4.51. The van der Waals surface area contributed by atoms with Gasteiger partial charge in [-0.05, 0) is 25.2 Å². The van der Waals surface area contributed by atoms with E-state index in [1.165, 1.54) is 51.4 Å². The summed E-state index contributed by atoms with van der Waals surface area (Å²) in [6.07, 6.45) is 21.5. The SMILES string of the molecule is CCCCCCCC(=O)OC[C@@H](COC(=O)CCCCCCCCCCC(C)C)OC(=O)CCCCCCC. The number of esters is 3. The summed E-state index contributed by atoms with van der Waals surface area (Å²) in [5, 5.41) is 0. The van der Waals surface area contributed by atoms with Crippen LogP contribution in [-0.4, -0.2) is 37.2 Å². The number of unbranched alkanes of at least 4 members (excludes halogenated alkanes) is 15. The van der Waals surface area contributed by atoms with Crippen molar-refractivity contribution in [2.75, 3.05) is 13.2 Å². The van der Waals surface area contributed by atoms with Gasteiger partial charge in [0.05, 0.1) is 0 Å². The van der Waals surface area contributed by atoms with Crippen LogP contribution in [0.5, 0.6) is 0 Å². The van der Waals surface area contributed by atoms with E-state index in [2.05, 4.69) is 27.7 Å². The molecule has 0 saturated carbocycles. The minimum atomic E-state index is -0.753. The molecule has 0 spiro atoms. The van der Waals surface area contributed by atoms with Crippen LogP contribution >= 0.6 is 0 Å². The first kappa shape index (κ1) is 37.4. The van der Waals surface area contributed by atoms with Gasteiger partial charge < -0.3 is 14.2 Å². The third-order valence-corrected chi connectivity index (χ3v) is 7.04. The van der Waals surface area contributed by atoms with Crippen LogP contribution in [0.25, 0.3) is 0 Å². The van der Waals surface area contributed by atoms with Crippen LogP contribution in [0.2, 0.25) is 0 Å². The molecule has 0 aromatic rings. The highest BCUT2D eigenvalue weighted by atomic mass is 16.6. The normalized spacial score (nSPS) is 11.9. The summed E-state index contributed by atoms with van der Waals surface area (Å²) in [4.78, 5) is 36.7. The molecule has 230 valence electrons. The van der Waals surface area contributed by atoms with Gasteiger partial charge in [0.15, 0.2) is 6.10 Å². The summed E-state index contributed by atoms with van der Waals surface area (Å²) < 4.78 is 16.3. The third kappa shape index (κ3) is 27.8. The molecule has 6 nitrogen and oxygen atoms in total. The maximum Gasteiger partial charge on any atom is 0.306 e. The van der Waals surface area contributed by atoms with Crippen LogP contribution in [-0.2, 0) is 28.6 Å². The average Bonchev–Trinajstić information content (AvgIpc) is 2.90. The summed E-state index contributed by atoms with van der Waals surface area (Å²) in [6.45, 7) is 8.73. The average molecular weight is 555 g/mol. The molecule has 0 heterocycles. The van der Waals surface area contributed by atoms with Gasteiger partial charge in [0, 0.05) is 19.3 Å². The topological polar surface area (TPSA) is 78.9 Å². The Morgan fingerprint density at radius 2 is 0.846 bits per heavy atom. The maximum absolute atomic E-state index is 12.3. The van der Waals surface area contributed by atoms with Crippen LogP contribution in [0.1, 0.15) is 169 Å². The van der Waals surface area contributed by atoms with E-state index < -0.39 is 6.10 Å². The van der Waals surface area contributed by atoms with Gasteiger partial charge in [-0.1, -0.05) is 130 Å². The zero-order valence-electron chi connectivity index (χ0n) is 26.1.